The van der Waals surface area contributed by atoms with Crippen molar-refractivity contribution in [1.29, 1.82) is 0 Å². The second kappa shape index (κ2) is 15.3. The lowest BCUT2D eigenvalue weighted by molar-refractivity contribution is -0.154. The van der Waals surface area contributed by atoms with Crippen molar-refractivity contribution >= 4 is 29.5 Å². The van der Waals surface area contributed by atoms with Crippen LogP contribution in [-0.2, 0) is 30.3 Å². The van der Waals surface area contributed by atoms with E-state index in [1.165, 1.54) is 0 Å². The van der Waals surface area contributed by atoms with Crippen LogP contribution in [0.15, 0.2) is 54.6 Å². The third kappa shape index (κ3) is 9.25. The zero-order chi connectivity index (χ0) is 32.5. The lowest BCUT2D eigenvalue weighted by Gasteiger charge is -2.42. The van der Waals surface area contributed by atoms with Crippen LogP contribution in [-0.4, -0.2) is 95.9 Å². The summed E-state index contributed by atoms with van der Waals surface area (Å²) in [7, 11) is 0. The van der Waals surface area contributed by atoms with Gasteiger partial charge in [-0.3, -0.25) is 34.9 Å². The average molecular weight is 624 g/mol. The summed E-state index contributed by atoms with van der Waals surface area (Å²) in [5.41, 5.74) is 1.78. The molecule has 2 aromatic carbocycles. The first-order valence-corrected chi connectivity index (χ1v) is 15.5. The molecule has 244 valence electrons. The van der Waals surface area contributed by atoms with E-state index >= 15 is 0 Å². The van der Waals surface area contributed by atoms with E-state index in [0.717, 1.165) is 29.1 Å². The highest BCUT2D eigenvalue weighted by atomic mass is 16.6. The number of benzene rings is 2. The fourth-order valence-electron chi connectivity index (χ4n) is 5.89. The molecule has 12 heteroatoms. The first-order valence-electron chi connectivity index (χ1n) is 15.5. The summed E-state index contributed by atoms with van der Waals surface area (Å²) in [5.74, 6) is -1.77. The van der Waals surface area contributed by atoms with Crippen molar-refractivity contribution in [2.75, 3.05) is 51.4 Å². The molecule has 2 saturated heterocycles. The molecule has 0 spiro atoms. The zero-order valence-corrected chi connectivity index (χ0v) is 26.3. The SMILES string of the molecule is CC(C)(C)OC(=O)NC[C@H](C[C@](Cc1ccccc1)(C(=O)NCCN1CCOCC1)N1C(=O)CCC1=O)c1ccc(NO)cc1. The van der Waals surface area contributed by atoms with Crippen LogP contribution in [0.4, 0.5) is 10.5 Å². The van der Waals surface area contributed by atoms with Crippen LogP contribution in [0, 0.1) is 0 Å². The van der Waals surface area contributed by atoms with Gasteiger partial charge in [0.25, 0.3) is 0 Å². The highest BCUT2D eigenvalue weighted by Crippen LogP contribution is 2.37. The lowest BCUT2D eigenvalue weighted by atomic mass is 9.77. The minimum Gasteiger partial charge on any atom is -0.444 e. The van der Waals surface area contributed by atoms with Gasteiger partial charge in [0, 0.05) is 57.9 Å². The molecule has 2 fully saturated rings. The van der Waals surface area contributed by atoms with Crippen molar-refractivity contribution in [3.05, 3.63) is 65.7 Å². The monoisotopic (exact) mass is 623 g/mol. The Morgan fingerprint density at radius 2 is 1.60 bits per heavy atom. The predicted octanol–water partition coefficient (Wildman–Crippen LogP) is 3.07. The smallest absolute Gasteiger partial charge is 0.407 e. The molecular formula is C33H45N5O7. The number of morpholine rings is 1. The molecule has 2 aromatic rings. The Hall–Kier alpha value is -4.00. The van der Waals surface area contributed by atoms with Crippen molar-refractivity contribution in [2.24, 2.45) is 0 Å². The van der Waals surface area contributed by atoms with Crippen LogP contribution in [0.5, 0.6) is 0 Å². The summed E-state index contributed by atoms with van der Waals surface area (Å²) in [6.07, 6.45) is -0.459. The Bertz CT molecular complexity index is 1290. The molecule has 2 atom stereocenters. The summed E-state index contributed by atoms with van der Waals surface area (Å²) < 4.78 is 10.9. The van der Waals surface area contributed by atoms with Gasteiger partial charge in [0.15, 0.2) is 0 Å². The van der Waals surface area contributed by atoms with E-state index in [9.17, 15) is 24.4 Å². The number of imide groups is 1. The van der Waals surface area contributed by atoms with Gasteiger partial charge >= 0.3 is 6.09 Å². The van der Waals surface area contributed by atoms with Gasteiger partial charge in [-0.15, -0.1) is 0 Å². The number of hydrogen-bond acceptors (Lipinski definition) is 9. The molecule has 4 N–H and O–H groups in total. The maximum atomic E-state index is 14.5. The number of alkyl carbamates (subject to hydrolysis) is 1. The van der Waals surface area contributed by atoms with E-state index in [1.807, 2.05) is 30.3 Å². The van der Waals surface area contributed by atoms with Crippen molar-refractivity contribution in [2.45, 2.75) is 63.5 Å². The highest BCUT2D eigenvalue weighted by Gasteiger charge is 2.52. The Balaban J connectivity index is 1.73. The summed E-state index contributed by atoms with van der Waals surface area (Å²) in [6, 6.07) is 16.2. The third-order valence-electron chi connectivity index (χ3n) is 8.05. The van der Waals surface area contributed by atoms with Gasteiger partial charge in [-0.2, -0.15) is 0 Å². The molecule has 2 aliphatic rings. The van der Waals surface area contributed by atoms with Gasteiger partial charge in [0.05, 0.1) is 18.9 Å². The van der Waals surface area contributed by atoms with Crippen LogP contribution in [0.1, 0.15) is 57.1 Å². The predicted molar refractivity (Wildman–Crippen MR) is 168 cm³/mol. The van der Waals surface area contributed by atoms with E-state index in [0.29, 0.717) is 32.0 Å². The number of carbonyl (C=O) groups excluding carboxylic acids is 4. The van der Waals surface area contributed by atoms with E-state index in [1.54, 1.807) is 45.0 Å². The number of nitrogens with one attached hydrogen (secondary N) is 3. The fourth-order valence-corrected chi connectivity index (χ4v) is 5.89. The summed E-state index contributed by atoms with van der Waals surface area (Å²) in [4.78, 5) is 57.5. The summed E-state index contributed by atoms with van der Waals surface area (Å²) >= 11 is 0. The topological polar surface area (TPSA) is 150 Å². The molecule has 0 unspecified atom stereocenters. The molecule has 0 bridgehead atoms. The fraction of sp³-hybridized carbons (Fsp3) is 0.515. The van der Waals surface area contributed by atoms with Crippen molar-refractivity contribution < 1.29 is 33.9 Å². The normalized spacial score (nSPS) is 17.8. The summed E-state index contributed by atoms with van der Waals surface area (Å²) in [5, 5.41) is 15.3. The standard InChI is InChI=1S/C33H45N5O7/c1-32(2,3)45-31(42)35-23-26(25-9-11-27(36-43)12-10-25)22-33(21-24-7-5-4-6-8-24,38-28(39)13-14-29(38)40)30(41)34-15-16-37-17-19-44-20-18-37/h4-12,26,36,43H,13-23H2,1-3H3,(H,34,41)(H,35,42)/t26-,33+/m0/s1. The van der Waals surface area contributed by atoms with Gasteiger partial charge in [-0.25, -0.2) is 4.79 Å². The molecule has 0 saturated carbocycles. The van der Waals surface area contributed by atoms with Crippen molar-refractivity contribution in [1.82, 2.24) is 20.4 Å². The molecule has 45 heavy (non-hydrogen) atoms. The van der Waals surface area contributed by atoms with Crippen molar-refractivity contribution in [3.63, 3.8) is 0 Å². The maximum Gasteiger partial charge on any atom is 0.407 e. The van der Waals surface area contributed by atoms with Crippen molar-refractivity contribution in [3.8, 4) is 0 Å². The Kier molecular flexibility index (Phi) is 11.5. The van der Waals surface area contributed by atoms with Gasteiger partial charge in [0.2, 0.25) is 17.7 Å². The van der Waals surface area contributed by atoms with Gasteiger partial charge in [-0.1, -0.05) is 42.5 Å². The summed E-state index contributed by atoms with van der Waals surface area (Å²) in [6.45, 7) is 9.04. The van der Waals surface area contributed by atoms with Crippen LogP contribution >= 0.6 is 0 Å². The number of carbonyl (C=O) groups is 4. The maximum absolute atomic E-state index is 14.5. The molecule has 0 radical (unpaired) electrons. The number of nitrogens with zero attached hydrogens (tertiary/aromatic N) is 2. The third-order valence-corrected chi connectivity index (χ3v) is 8.05. The average Bonchev–Trinajstić information content (AvgIpc) is 3.36. The van der Waals surface area contributed by atoms with E-state index in [2.05, 4.69) is 21.0 Å². The largest absolute Gasteiger partial charge is 0.444 e. The number of anilines is 1. The Morgan fingerprint density at radius 3 is 2.20 bits per heavy atom. The minimum atomic E-state index is -1.59. The van der Waals surface area contributed by atoms with Gasteiger partial charge in [0.1, 0.15) is 11.1 Å². The van der Waals surface area contributed by atoms with Crippen LogP contribution in [0.3, 0.4) is 0 Å². The number of hydrogen-bond donors (Lipinski definition) is 4. The number of likely N-dealkylation sites (tertiary alicyclic amines) is 1. The zero-order valence-electron chi connectivity index (χ0n) is 26.3. The second-order valence-electron chi connectivity index (χ2n) is 12.5. The lowest BCUT2D eigenvalue weighted by Crippen LogP contribution is -2.63. The van der Waals surface area contributed by atoms with Crippen LogP contribution in [0.25, 0.3) is 0 Å². The molecule has 2 heterocycles. The quantitative estimate of drug-likeness (QED) is 0.195. The highest BCUT2D eigenvalue weighted by molar-refractivity contribution is 6.07. The molecule has 2 aliphatic heterocycles. The molecule has 12 nitrogen and oxygen atoms in total. The molecule has 4 rings (SSSR count). The van der Waals surface area contributed by atoms with Crippen LogP contribution in [0.2, 0.25) is 0 Å². The van der Waals surface area contributed by atoms with E-state index in [4.69, 9.17) is 9.47 Å². The molecule has 0 aliphatic carbocycles. The number of rotatable bonds is 13. The molecule has 0 aromatic heterocycles. The molecular weight excluding hydrogens is 578 g/mol. The first kappa shape index (κ1) is 33.9. The first-order chi connectivity index (χ1) is 21.5. The van der Waals surface area contributed by atoms with Crippen LogP contribution < -0.4 is 16.1 Å². The van der Waals surface area contributed by atoms with Gasteiger partial charge in [-0.05, 0) is 50.5 Å². The minimum absolute atomic E-state index is 0.0219. The van der Waals surface area contributed by atoms with E-state index < -0.39 is 40.9 Å². The van der Waals surface area contributed by atoms with Gasteiger partial charge < -0.3 is 20.1 Å². The Morgan fingerprint density at radius 1 is 0.956 bits per heavy atom. The number of amides is 4. The number of ether oxygens (including phenoxy) is 2. The Labute approximate surface area is 264 Å². The second-order valence-corrected chi connectivity index (χ2v) is 12.5. The van der Waals surface area contributed by atoms with E-state index in [-0.39, 0.29) is 32.2 Å². The molecule has 4 amide bonds.